The third-order valence-corrected chi connectivity index (χ3v) is 9.65. The molecule has 9 nitrogen and oxygen atoms in total. The summed E-state index contributed by atoms with van der Waals surface area (Å²) in [6, 6.07) is 8.12. The first-order chi connectivity index (χ1) is 22.0. The highest BCUT2D eigenvalue weighted by Crippen LogP contribution is 2.46. The Kier molecular flexibility index (Phi) is 11.2. The highest BCUT2D eigenvalue weighted by molar-refractivity contribution is 5.87. The van der Waals surface area contributed by atoms with Crippen molar-refractivity contribution in [1.82, 2.24) is 10.2 Å². The maximum Gasteiger partial charge on any atom is 0.410 e. The topological polar surface area (TPSA) is 92.9 Å². The predicted molar refractivity (Wildman–Crippen MR) is 180 cm³/mol. The van der Waals surface area contributed by atoms with Gasteiger partial charge >= 0.3 is 6.09 Å². The molecule has 252 valence electrons. The quantitative estimate of drug-likeness (QED) is 0.186. The SMILES string of the molecule is COc1cccc(N2CCN(C(=O)OC(C)C=CC(=O)NC3CCC(CC=C(C)C=C[C@@H]4C[C@]5(CO5)CC(C)(C)O4)CC3)CC2)c1. The number of hydrogen-bond acceptors (Lipinski definition) is 7. The minimum atomic E-state index is -0.492. The fraction of sp³-hybridized carbons (Fsp3) is 0.622. The van der Waals surface area contributed by atoms with Gasteiger partial charge in [-0.15, -0.1) is 0 Å². The molecular weight excluding hydrogens is 582 g/mol. The second-order valence-corrected chi connectivity index (χ2v) is 14.2. The molecule has 3 atom stereocenters. The Morgan fingerprint density at radius 1 is 1.11 bits per heavy atom. The molecule has 1 N–H and O–H groups in total. The van der Waals surface area contributed by atoms with Gasteiger partial charge in [0, 0.05) is 62.9 Å². The molecule has 1 aromatic carbocycles. The number of benzene rings is 1. The molecule has 1 unspecified atom stereocenters. The zero-order valence-corrected chi connectivity index (χ0v) is 28.3. The van der Waals surface area contributed by atoms with Crippen LogP contribution in [-0.2, 0) is 19.0 Å². The molecule has 46 heavy (non-hydrogen) atoms. The van der Waals surface area contributed by atoms with Gasteiger partial charge in [-0.25, -0.2) is 4.79 Å². The molecule has 2 amide bonds. The number of carbonyl (C=O) groups excluding carboxylic acids is 2. The average molecular weight is 636 g/mol. The van der Waals surface area contributed by atoms with Crippen LogP contribution in [-0.4, -0.2) is 86.2 Å². The van der Waals surface area contributed by atoms with Gasteiger partial charge in [0.25, 0.3) is 0 Å². The van der Waals surface area contributed by atoms with Crippen LogP contribution in [0.4, 0.5) is 10.5 Å². The van der Waals surface area contributed by atoms with Gasteiger partial charge < -0.3 is 34.1 Å². The lowest BCUT2D eigenvalue weighted by atomic mass is 9.83. The largest absolute Gasteiger partial charge is 0.497 e. The Hall–Kier alpha value is -3.30. The van der Waals surface area contributed by atoms with Crippen LogP contribution in [0.3, 0.4) is 0 Å². The van der Waals surface area contributed by atoms with E-state index in [4.69, 9.17) is 18.9 Å². The molecule has 3 aliphatic heterocycles. The Morgan fingerprint density at radius 3 is 2.54 bits per heavy atom. The number of amides is 2. The molecule has 1 aromatic rings. The predicted octanol–water partition coefficient (Wildman–Crippen LogP) is 6.19. The number of allylic oxidation sites excluding steroid dienone is 3. The lowest BCUT2D eigenvalue weighted by Crippen LogP contribution is -2.49. The van der Waals surface area contributed by atoms with Gasteiger partial charge in [-0.05, 0) is 83.9 Å². The fourth-order valence-corrected chi connectivity index (χ4v) is 7.06. The molecule has 4 fully saturated rings. The van der Waals surface area contributed by atoms with Gasteiger partial charge in [-0.2, -0.15) is 0 Å². The summed E-state index contributed by atoms with van der Waals surface area (Å²) in [5.41, 5.74) is 2.24. The van der Waals surface area contributed by atoms with Crippen LogP contribution in [0.2, 0.25) is 0 Å². The molecule has 9 heteroatoms. The van der Waals surface area contributed by atoms with Crippen molar-refractivity contribution in [3.63, 3.8) is 0 Å². The van der Waals surface area contributed by atoms with E-state index in [2.05, 4.69) is 49.2 Å². The number of hydrogen-bond donors (Lipinski definition) is 1. The molecule has 5 rings (SSSR count). The van der Waals surface area contributed by atoms with E-state index in [-0.39, 0.29) is 35.3 Å². The summed E-state index contributed by atoms with van der Waals surface area (Å²) in [6.45, 7) is 11.7. The fourth-order valence-electron chi connectivity index (χ4n) is 7.06. The van der Waals surface area contributed by atoms with E-state index in [0.29, 0.717) is 19.0 Å². The van der Waals surface area contributed by atoms with Crippen molar-refractivity contribution in [1.29, 1.82) is 0 Å². The van der Waals surface area contributed by atoms with E-state index in [0.717, 1.165) is 76.1 Å². The Morgan fingerprint density at radius 2 is 1.85 bits per heavy atom. The number of carbonyl (C=O) groups is 2. The Labute approximate surface area is 274 Å². The van der Waals surface area contributed by atoms with Crippen LogP contribution in [0.15, 0.2) is 60.2 Å². The van der Waals surface area contributed by atoms with E-state index >= 15 is 0 Å². The molecule has 0 radical (unpaired) electrons. The van der Waals surface area contributed by atoms with Crippen LogP contribution in [0, 0.1) is 5.92 Å². The zero-order chi connectivity index (χ0) is 32.7. The van der Waals surface area contributed by atoms with Gasteiger partial charge in [-0.1, -0.05) is 29.9 Å². The molecule has 1 spiro atoms. The van der Waals surface area contributed by atoms with Crippen LogP contribution < -0.4 is 15.0 Å². The first kappa shape index (κ1) is 34.0. The summed E-state index contributed by atoms with van der Waals surface area (Å²) < 4.78 is 23.0. The van der Waals surface area contributed by atoms with Gasteiger partial charge in [0.2, 0.25) is 5.91 Å². The summed E-state index contributed by atoms with van der Waals surface area (Å²) in [7, 11) is 1.66. The van der Waals surface area contributed by atoms with Gasteiger partial charge in [0.1, 0.15) is 11.9 Å². The minimum absolute atomic E-state index is 0.0409. The van der Waals surface area contributed by atoms with E-state index in [1.807, 2.05) is 24.3 Å². The van der Waals surface area contributed by atoms with E-state index in [1.54, 1.807) is 25.0 Å². The molecule has 0 bridgehead atoms. The molecule has 3 saturated heterocycles. The van der Waals surface area contributed by atoms with Crippen molar-refractivity contribution < 1.29 is 28.5 Å². The second kappa shape index (κ2) is 15.1. The highest BCUT2D eigenvalue weighted by Gasteiger charge is 2.53. The lowest BCUT2D eigenvalue weighted by molar-refractivity contribution is -0.117. The Balaban J connectivity index is 0.961. The van der Waals surface area contributed by atoms with Crippen molar-refractivity contribution in [2.75, 3.05) is 44.8 Å². The lowest BCUT2D eigenvalue weighted by Gasteiger charge is -2.38. The summed E-state index contributed by atoms with van der Waals surface area (Å²) in [6.07, 6.45) is 16.3. The molecular formula is C37H53N3O6. The normalized spacial score (nSPS) is 28.8. The zero-order valence-electron chi connectivity index (χ0n) is 28.3. The minimum Gasteiger partial charge on any atom is -0.497 e. The van der Waals surface area contributed by atoms with Crippen molar-refractivity contribution in [2.45, 2.75) is 102 Å². The molecule has 1 saturated carbocycles. The third kappa shape index (κ3) is 9.85. The van der Waals surface area contributed by atoms with Crippen molar-refractivity contribution in [3.05, 3.63) is 60.2 Å². The van der Waals surface area contributed by atoms with Crippen LogP contribution in [0.1, 0.15) is 72.6 Å². The number of piperazine rings is 1. The monoisotopic (exact) mass is 635 g/mol. The Bertz CT molecular complexity index is 1280. The van der Waals surface area contributed by atoms with Crippen LogP contribution >= 0.6 is 0 Å². The van der Waals surface area contributed by atoms with E-state index < -0.39 is 6.10 Å². The van der Waals surface area contributed by atoms with E-state index in [9.17, 15) is 9.59 Å². The van der Waals surface area contributed by atoms with Crippen molar-refractivity contribution in [3.8, 4) is 5.75 Å². The number of methoxy groups -OCH3 is 1. The maximum atomic E-state index is 12.7. The highest BCUT2D eigenvalue weighted by atomic mass is 16.6. The molecule has 0 aromatic heterocycles. The molecule has 1 aliphatic carbocycles. The number of nitrogens with one attached hydrogen (secondary N) is 1. The maximum absolute atomic E-state index is 12.7. The molecule has 4 aliphatic rings. The first-order valence-electron chi connectivity index (χ1n) is 17.0. The van der Waals surface area contributed by atoms with Crippen molar-refractivity contribution in [2.24, 2.45) is 5.92 Å². The second-order valence-electron chi connectivity index (χ2n) is 14.2. The summed E-state index contributed by atoms with van der Waals surface area (Å²) >= 11 is 0. The summed E-state index contributed by atoms with van der Waals surface area (Å²) in [4.78, 5) is 29.3. The third-order valence-electron chi connectivity index (χ3n) is 9.65. The first-order valence-corrected chi connectivity index (χ1v) is 17.0. The smallest absolute Gasteiger partial charge is 0.410 e. The number of rotatable bonds is 10. The number of nitrogens with zero attached hydrogens (tertiary/aromatic N) is 2. The number of ether oxygens (including phenoxy) is 4. The van der Waals surface area contributed by atoms with E-state index in [1.165, 1.54) is 11.6 Å². The van der Waals surface area contributed by atoms with Crippen LogP contribution in [0.25, 0.3) is 0 Å². The van der Waals surface area contributed by atoms with Gasteiger partial charge in [0.05, 0.1) is 31.0 Å². The van der Waals surface area contributed by atoms with Gasteiger partial charge in [0.15, 0.2) is 0 Å². The number of anilines is 1. The van der Waals surface area contributed by atoms with Crippen molar-refractivity contribution >= 4 is 17.7 Å². The summed E-state index contributed by atoms with van der Waals surface area (Å²) in [5.74, 6) is 1.32. The van der Waals surface area contributed by atoms with Gasteiger partial charge in [-0.3, -0.25) is 4.79 Å². The number of epoxide rings is 1. The average Bonchev–Trinajstić information content (AvgIpc) is 3.78. The standard InChI is InChI=1S/C37H53N3O6/c1-27(10-17-33-24-37(26-44-37)25-36(3,4)46-33)9-12-29-13-15-30(16-14-29)38-34(41)18-11-28(2)45-35(42)40-21-19-39(20-22-40)31-7-6-8-32(23-31)43-5/h6-11,17-18,23,28-30,33H,12-16,19-22,24-26H2,1-5H3,(H,38,41)/t28?,29?,30?,33-,37-/m1/s1. The van der Waals surface area contributed by atoms with Crippen LogP contribution in [0.5, 0.6) is 5.75 Å². The molecule has 3 heterocycles. The summed E-state index contributed by atoms with van der Waals surface area (Å²) in [5, 5.41) is 3.14.